The van der Waals surface area contributed by atoms with E-state index < -0.39 is 0 Å². The molecule has 0 aromatic heterocycles. The van der Waals surface area contributed by atoms with E-state index >= 15 is 0 Å². The van der Waals surface area contributed by atoms with E-state index in [1.807, 2.05) is 0 Å². The molecule has 2 aliphatic rings. The van der Waals surface area contributed by atoms with Crippen molar-refractivity contribution in [3.8, 4) is 0 Å². The van der Waals surface area contributed by atoms with Gasteiger partial charge in [-0.1, -0.05) is 6.42 Å². The van der Waals surface area contributed by atoms with Gasteiger partial charge in [-0.15, -0.1) is 0 Å². The second-order valence-corrected chi connectivity index (χ2v) is 6.09. The van der Waals surface area contributed by atoms with Gasteiger partial charge in [0.15, 0.2) is 0 Å². The highest BCUT2D eigenvalue weighted by molar-refractivity contribution is 5.77. The molecule has 0 aromatic rings. The molecule has 1 heterocycles. The van der Waals surface area contributed by atoms with E-state index in [0.717, 1.165) is 13.0 Å². The Labute approximate surface area is 117 Å². The Kier molecular flexibility index (Phi) is 6.11. The van der Waals surface area contributed by atoms with Gasteiger partial charge in [0.25, 0.3) is 0 Å². The third kappa shape index (κ3) is 5.11. The molecular formula is C15H29N3O. The lowest BCUT2D eigenvalue weighted by atomic mass is 9.93. The number of hydrogen-bond acceptors (Lipinski definition) is 3. The molecule has 19 heavy (non-hydrogen) atoms. The third-order valence-electron chi connectivity index (χ3n) is 4.54. The summed E-state index contributed by atoms with van der Waals surface area (Å²) in [6, 6.07) is 1.27. The summed E-state index contributed by atoms with van der Waals surface area (Å²) in [6.07, 6.45) is 8.78. The first-order chi connectivity index (χ1) is 9.25. The summed E-state index contributed by atoms with van der Waals surface area (Å²) >= 11 is 0. The molecule has 1 saturated carbocycles. The third-order valence-corrected chi connectivity index (χ3v) is 4.54. The van der Waals surface area contributed by atoms with Gasteiger partial charge in [0, 0.05) is 18.6 Å². The summed E-state index contributed by atoms with van der Waals surface area (Å²) in [5.41, 5.74) is 0. The molecule has 1 saturated heterocycles. The summed E-state index contributed by atoms with van der Waals surface area (Å²) in [6.45, 7) is 6.15. The van der Waals surface area contributed by atoms with Crippen LogP contribution in [0.15, 0.2) is 0 Å². The van der Waals surface area contributed by atoms with Crippen molar-refractivity contribution in [1.82, 2.24) is 15.5 Å². The highest BCUT2D eigenvalue weighted by Gasteiger charge is 2.18. The van der Waals surface area contributed by atoms with E-state index in [0.29, 0.717) is 18.6 Å². The van der Waals surface area contributed by atoms with Crippen LogP contribution < -0.4 is 10.6 Å². The lowest BCUT2D eigenvalue weighted by molar-refractivity contribution is -0.120. The number of likely N-dealkylation sites (tertiary alicyclic amines) is 1. The standard InChI is InChI=1S/C15H29N3O/c1-13(18-10-2-3-11-18)6-5-9-16-15(19)12-17-14-7-4-8-14/h13-14,17H,2-12H2,1H3,(H,16,19). The molecule has 4 nitrogen and oxygen atoms in total. The molecule has 1 aliphatic heterocycles. The fourth-order valence-corrected chi connectivity index (χ4v) is 2.90. The number of carbonyl (C=O) groups is 1. The van der Waals surface area contributed by atoms with Crippen LogP contribution in [0.1, 0.15) is 51.9 Å². The predicted octanol–water partition coefficient (Wildman–Crippen LogP) is 1.51. The number of hydrogen-bond donors (Lipinski definition) is 2. The fraction of sp³-hybridized carbons (Fsp3) is 0.933. The molecule has 2 rings (SSSR count). The SMILES string of the molecule is CC(CCCNC(=O)CNC1CCC1)N1CCCC1. The van der Waals surface area contributed by atoms with Crippen molar-refractivity contribution < 1.29 is 4.79 Å². The number of rotatable bonds is 8. The first-order valence-corrected chi connectivity index (χ1v) is 8.00. The summed E-state index contributed by atoms with van der Waals surface area (Å²) in [4.78, 5) is 14.2. The van der Waals surface area contributed by atoms with E-state index in [9.17, 15) is 4.79 Å². The van der Waals surface area contributed by atoms with Crippen molar-refractivity contribution in [2.75, 3.05) is 26.2 Å². The quantitative estimate of drug-likeness (QED) is 0.655. The maximum Gasteiger partial charge on any atom is 0.233 e. The first kappa shape index (κ1) is 14.8. The monoisotopic (exact) mass is 267 g/mol. The molecule has 1 aliphatic carbocycles. The van der Waals surface area contributed by atoms with Gasteiger partial charge in [0.2, 0.25) is 5.91 Å². The molecule has 0 spiro atoms. The van der Waals surface area contributed by atoms with E-state index in [2.05, 4.69) is 22.5 Å². The average molecular weight is 267 g/mol. The number of nitrogens with one attached hydrogen (secondary N) is 2. The van der Waals surface area contributed by atoms with Crippen molar-refractivity contribution >= 4 is 5.91 Å². The van der Waals surface area contributed by atoms with Gasteiger partial charge in [-0.2, -0.15) is 0 Å². The zero-order valence-electron chi connectivity index (χ0n) is 12.3. The minimum Gasteiger partial charge on any atom is -0.355 e. The van der Waals surface area contributed by atoms with Crippen LogP contribution in [0.5, 0.6) is 0 Å². The van der Waals surface area contributed by atoms with Crippen molar-refractivity contribution in [3.05, 3.63) is 0 Å². The number of amides is 1. The maximum atomic E-state index is 11.6. The largest absolute Gasteiger partial charge is 0.355 e. The summed E-state index contributed by atoms with van der Waals surface area (Å²) in [5.74, 6) is 0.153. The van der Waals surface area contributed by atoms with Crippen LogP contribution in [0, 0.1) is 0 Å². The average Bonchev–Trinajstić information content (AvgIpc) is 2.86. The van der Waals surface area contributed by atoms with Crippen LogP contribution in [0.4, 0.5) is 0 Å². The molecule has 2 N–H and O–H groups in total. The minimum absolute atomic E-state index is 0.153. The summed E-state index contributed by atoms with van der Waals surface area (Å²) in [7, 11) is 0. The second-order valence-electron chi connectivity index (χ2n) is 6.09. The second kappa shape index (κ2) is 7.85. The van der Waals surface area contributed by atoms with Crippen LogP contribution in [0.2, 0.25) is 0 Å². The normalized spacial score (nSPS) is 22.2. The van der Waals surface area contributed by atoms with Crippen molar-refractivity contribution in [2.24, 2.45) is 0 Å². The van der Waals surface area contributed by atoms with Crippen LogP contribution in [0.3, 0.4) is 0 Å². The molecule has 1 atom stereocenters. The number of carbonyl (C=O) groups excluding carboxylic acids is 1. The Morgan fingerprint density at radius 2 is 2.00 bits per heavy atom. The minimum atomic E-state index is 0.153. The summed E-state index contributed by atoms with van der Waals surface area (Å²) in [5, 5.41) is 6.31. The highest BCUT2D eigenvalue weighted by Crippen LogP contribution is 2.17. The maximum absolute atomic E-state index is 11.6. The van der Waals surface area contributed by atoms with Gasteiger partial charge < -0.3 is 15.5 Å². The molecule has 0 radical (unpaired) electrons. The Hall–Kier alpha value is -0.610. The van der Waals surface area contributed by atoms with Gasteiger partial charge in [0.1, 0.15) is 0 Å². The van der Waals surface area contributed by atoms with Crippen LogP contribution in [-0.2, 0) is 4.79 Å². The van der Waals surface area contributed by atoms with Crippen LogP contribution >= 0.6 is 0 Å². The molecule has 0 aromatic carbocycles. The summed E-state index contributed by atoms with van der Waals surface area (Å²) < 4.78 is 0. The lowest BCUT2D eigenvalue weighted by Crippen LogP contribution is -2.42. The van der Waals surface area contributed by atoms with Gasteiger partial charge >= 0.3 is 0 Å². The van der Waals surface area contributed by atoms with Crippen molar-refractivity contribution in [3.63, 3.8) is 0 Å². The van der Waals surface area contributed by atoms with E-state index in [1.165, 1.54) is 51.6 Å². The highest BCUT2D eigenvalue weighted by atomic mass is 16.1. The van der Waals surface area contributed by atoms with Crippen molar-refractivity contribution in [1.29, 1.82) is 0 Å². The Bertz CT molecular complexity index is 273. The van der Waals surface area contributed by atoms with E-state index in [1.54, 1.807) is 0 Å². The predicted molar refractivity (Wildman–Crippen MR) is 78.2 cm³/mol. The van der Waals surface area contributed by atoms with Gasteiger partial charge in [-0.25, -0.2) is 0 Å². The zero-order chi connectivity index (χ0) is 13.5. The Morgan fingerprint density at radius 1 is 1.26 bits per heavy atom. The lowest BCUT2D eigenvalue weighted by Gasteiger charge is -2.26. The van der Waals surface area contributed by atoms with Gasteiger partial charge in [-0.3, -0.25) is 4.79 Å². The molecule has 110 valence electrons. The van der Waals surface area contributed by atoms with Crippen LogP contribution in [-0.4, -0.2) is 49.1 Å². The molecular weight excluding hydrogens is 238 g/mol. The molecule has 4 heteroatoms. The molecule has 1 amide bonds. The van der Waals surface area contributed by atoms with E-state index in [-0.39, 0.29) is 5.91 Å². The fourth-order valence-electron chi connectivity index (χ4n) is 2.90. The Balaban J connectivity index is 1.45. The van der Waals surface area contributed by atoms with E-state index in [4.69, 9.17) is 0 Å². The molecule has 2 fully saturated rings. The topological polar surface area (TPSA) is 44.4 Å². The molecule has 0 bridgehead atoms. The Morgan fingerprint density at radius 3 is 2.63 bits per heavy atom. The van der Waals surface area contributed by atoms with Crippen LogP contribution in [0.25, 0.3) is 0 Å². The molecule has 1 unspecified atom stereocenters. The first-order valence-electron chi connectivity index (χ1n) is 8.00. The van der Waals surface area contributed by atoms with Gasteiger partial charge in [-0.05, 0) is 58.5 Å². The zero-order valence-corrected chi connectivity index (χ0v) is 12.3. The van der Waals surface area contributed by atoms with Gasteiger partial charge in [0.05, 0.1) is 6.54 Å². The smallest absolute Gasteiger partial charge is 0.233 e. The number of nitrogens with zero attached hydrogens (tertiary/aromatic N) is 1. The van der Waals surface area contributed by atoms with Crippen molar-refractivity contribution in [2.45, 2.75) is 64.0 Å².